The normalized spacial score (nSPS) is 4.71. The SMILES string of the molecule is CCCCC.N=C=S.N=C=S.N=C=S. The predicted octanol–water partition coefficient (Wildman–Crippen LogP) is 4.20. The average molecular weight is 249 g/mol. The molecule has 0 aliphatic rings. The van der Waals surface area contributed by atoms with Crippen LogP contribution in [0.15, 0.2) is 0 Å². The second-order valence-corrected chi connectivity index (χ2v) is 2.27. The zero-order valence-electron chi connectivity index (χ0n) is 8.35. The van der Waals surface area contributed by atoms with E-state index in [0.717, 1.165) is 0 Å². The van der Waals surface area contributed by atoms with Crippen molar-refractivity contribution in [2.24, 2.45) is 0 Å². The van der Waals surface area contributed by atoms with Gasteiger partial charge in [0, 0.05) is 0 Å². The van der Waals surface area contributed by atoms with Gasteiger partial charge in [-0.25, -0.2) is 16.2 Å². The molecule has 0 aliphatic carbocycles. The minimum Gasteiger partial charge on any atom is -0.248 e. The third kappa shape index (κ3) is 629. The van der Waals surface area contributed by atoms with Crippen molar-refractivity contribution < 1.29 is 0 Å². The summed E-state index contributed by atoms with van der Waals surface area (Å²) in [6.07, 6.45) is 4.08. The number of hydrogen-bond donors (Lipinski definition) is 3. The van der Waals surface area contributed by atoms with E-state index in [2.05, 4.69) is 50.5 Å². The van der Waals surface area contributed by atoms with Crippen molar-refractivity contribution in [3.63, 3.8) is 0 Å². The van der Waals surface area contributed by atoms with E-state index in [0.29, 0.717) is 0 Å². The van der Waals surface area contributed by atoms with Crippen molar-refractivity contribution in [2.75, 3.05) is 0 Å². The molecule has 6 heteroatoms. The molecule has 0 fully saturated rings. The molecule has 3 nitrogen and oxygen atoms in total. The Kier molecular flexibility index (Phi) is 92.0. The molecule has 0 atom stereocenters. The smallest absolute Gasteiger partial charge is 0.0554 e. The van der Waals surface area contributed by atoms with Gasteiger partial charge in [-0.05, 0) is 36.7 Å². The maximum atomic E-state index is 5.77. The fraction of sp³-hybridized carbons (Fsp3) is 0.625. The van der Waals surface area contributed by atoms with Crippen LogP contribution in [0.25, 0.3) is 0 Å². The standard InChI is InChI=1S/C5H12.3CHNS/c1-3-5-4-2;3*2-1-3/h3-5H2,1-2H3;3*2H. The van der Waals surface area contributed by atoms with Gasteiger partial charge in [0.25, 0.3) is 0 Å². The molecule has 0 spiro atoms. The van der Waals surface area contributed by atoms with Gasteiger partial charge in [0.15, 0.2) is 0 Å². The Morgan fingerprint density at radius 3 is 0.929 bits per heavy atom. The van der Waals surface area contributed by atoms with Crippen molar-refractivity contribution in [2.45, 2.75) is 33.1 Å². The van der Waals surface area contributed by atoms with Gasteiger partial charge in [0.2, 0.25) is 0 Å². The highest BCUT2D eigenvalue weighted by Crippen LogP contribution is 1.88. The van der Waals surface area contributed by atoms with E-state index in [1.54, 1.807) is 15.5 Å². The fourth-order valence-corrected chi connectivity index (χ4v) is 0.354. The van der Waals surface area contributed by atoms with Crippen LogP contribution >= 0.6 is 36.7 Å². The third-order valence-corrected chi connectivity index (χ3v) is 0.707. The Balaban J connectivity index is -0.0000000495. The maximum absolute atomic E-state index is 5.77. The number of nitrogens with one attached hydrogen (secondary N) is 3. The summed E-state index contributed by atoms with van der Waals surface area (Å²) in [5.74, 6) is 0. The summed E-state index contributed by atoms with van der Waals surface area (Å²) in [4.78, 5) is 0. The molecular weight excluding hydrogens is 234 g/mol. The topological polar surface area (TPSA) is 71.6 Å². The van der Waals surface area contributed by atoms with Crippen molar-refractivity contribution in [3.05, 3.63) is 0 Å². The van der Waals surface area contributed by atoms with Crippen LogP contribution in [-0.2, 0) is 0 Å². The van der Waals surface area contributed by atoms with Gasteiger partial charge < -0.3 is 0 Å². The molecule has 0 bridgehead atoms. The van der Waals surface area contributed by atoms with Gasteiger partial charge in [-0.15, -0.1) is 0 Å². The predicted molar refractivity (Wildman–Crippen MR) is 71.2 cm³/mol. The zero-order valence-corrected chi connectivity index (χ0v) is 10.8. The molecule has 0 saturated heterocycles. The fourth-order valence-electron chi connectivity index (χ4n) is 0.354. The molecule has 0 aromatic rings. The molecule has 0 rings (SSSR count). The van der Waals surface area contributed by atoms with Crippen LogP contribution in [0.2, 0.25) is 0 Å². The first-order valence-electron chi connectivity index (χ1n) is 3.78. The zero-order chi connectivity index (χ0) is 12.2. The molecule has 0 amide bonds. The van der Waals surface area contributed by atoms with Gasteiger partial charge in [-0.1, -0.05) is 33.1 Å². The van der Waals surface area contributed by atoms with Crippen LogP contribution < -0.4 is 0 Å². The van der Waals surface area contributed by atoms with Crippen LogP contribution in [0, 0.1) is 16.2 Å². The van der Waals surface area contributed by atoms with Crippen LogP contribution in [0.4, 0.5) is 0 Å². The summed E-state index contributed by atoms with van der Waals surface area (Å²) >= 11 is 11.4. The number of rotatable bonds is 2. The van der Waals surface area contributed by atoms with Crippen molar-refractivity contribution in [1.29, 1.82) is 16.2 Å². The van der Waals surface area contributed by atoms with Crippen LogP contribution in [-0.4, -0.2) is 15.5 Å². The molecule has 0 unspecified atom stereocenters. The largest absolute Gasteiger partial charge is 0.248 e. The molecule has 0 aromatic carbocycles. The Morgan fingerprint density at radius 1 is 0.786 bits per heavy atom. The molecular formula is C8H15N3S3. The molecule has 0 heterocycles. The summed E-state index contributed by atoms with van der Waals surface area (Å²) in [7, 11) is 0. The lowest BCUT2D eigenvalue weighted by Gasteiger charge is -1.79. The highest BCUT2D eigenvalue weighted by Gasteiger charge is 1.68. The minimum absolute atomic E-state index is 1.34. The number of thiocarbonyl (C=S) groups is 3. The maximum Gasteiger partial charge on any atom is 0.0554 e. The van der Waals surface area contributed by atoms with Crippen LogP contribution in [0.5, 0.6) is 0 Å². The highest BCUT2D eigenvalue weighted by atomic mass is 32.1. The summed E-state index contributed by atoms with van der Waals surface area (Å²) in [5, 5.41) is 22.1. The summed E-state index contributed by atoms with van der Waals surface area (Å²) < 4.78 is 0. The Morgan fingerprint density at radius 2 is 0.929 bits per heavy atom. The average Bonchev–Trinajstić information content (AvgIpc) is 2.09. The molecule has 0 radical (unpaired) electrons. The second kappa shape index (κ2) is 55.3. The second-order valence-electron chi connectivity index (χ2n) is 1.66. The molecule has 3 N–H and O–H groups in total. The molecule has 0 aliphatic heterocycles. The van der Waals surface area contributed by atoms with E-state index >= 15 is 0 Å². The summed E-state index contributed by atoms with van der Waals surface area (Å²) in [6.45, 7) is 4.42. The molecule has 0 aromatic heterocycles. The van der Waals surface area contributed by atoms with E-state index in [9.17, 15) is 0 Å². The number of unbranched alkanes of at least 4 members (excludes halogenated alkanes) is 2. The quantitative estimate of drug-likeness (QED) is 0.507. The first kappa shape index (κ1) is 23.3. The van der Waals surface area contributed by atoms with Crippen LogP contribution in [0.3, 0.4) is 0 Å². The van der Waals surface area contributed by atoms with Gasteiger partial charge >= 0.3 is 0 Å². The van der Waals surface area contributed by atoms with Gasteiger partial charge in [0.05, 0.1) is 15.5 Å². The molecule has 14 heavy (non-hydrogen) atoms. The van der Waals surface area contributed by atoms with Crippen LogP contribution in [0.1, 0.15) is 33.1 Å². The van der Waals surface area contributed by atoms with Crippen molar-refractivity contribution >= 4 is 52.1 Å². The van der Waals surface area contributed by atoms with Gasteiger partial charge in [-0.3, -0.25) is 0 Å². The van der Waals surface area contributed by atoms with E-state index in [-0.39, 0.29) is 0 Å². The first-order valence-corrected chi connectivity index (χ1v) is 5.00. The van der Waals surface area contributed by atoms with Gasteiger partial charge in [-0.2, -0.15) is 0 Å². The monoisotopic (exact) mass is 249 g/mol. The summed E-state index contributed by atoms with van der Waals surface area (Å²) in [5.41, 5.74) is 0. The van der Waals surface area contributed by atoms with E-state index in [1.165, 1.54) is 19.3 Å². The van der Waals surface area contributed by atoms with Crippen molar-refractivity contribution in [1.82, 2.24) is 0 Å². The first-order chi connectivity index (χ1) is 6.66. The molecule has 80 valence electrons. The van der Waals surface area contributed by atoms with E-state index < -0.39 is 0 Å². The Bertz CT molecular complexity index is 144. The highest BCUT2D eigenvalue weighted by molar-refractivity contribution is 7.78. The van der Waals surface area contributed by atoms with Crippen molar-refractivity contribution in [3.8, 4) is 0 Å². The number of isothiocyanates is 3. The lowest BCUT2D eigenvalue weighted by atomic mass is 10.3. The third-order valence-electron chi connectivity index (χ3n) is 0.707. The minimum atomic E-state index is 1.34. The van der Waals surface area contributed by atoms with E-state index in [1.807, 2.05) is 0 Å². The lowest BCUT2D eigenvalue weighted by molar-refractivity contribution is 0.772. The Labute approximate surface area is 101 Å². The Hall–Kier alpha value is -0.600. The molecule has 0 saturated carbocycles. The summed E-state index contributed by atoms with van der Waals surface area (Å²) in [6, 6.07) is 0. The van der Waals surface area contributed by atoms with E-state index in [4.69, 9.17) is 16.2 Å². The lowest BCUT2D eigenvalue weighted by Crippen LogP contribution is -1.59. The van der Waals surface area contributed by atoms with Gasteiger partial charge in [0.1, 0.15) is 0 Å². The number of hydrogen-bond acceptors (Lipinski definition) is 6.